The normalized spacial score (nSPS) is 20.7. The summed E-state index contributed by atoms with van der Waals surface area (Å²) in [6, 6.07) is 13.4. The third kappa shape index (κ3) is 4.65. The number of para-hydroxylation sites is 3. The number of benzene rings is 2. The number of ether oxygens (including phenoxy) is 2. The Morgan fingerprint density at radius 1 is 1.10 bits per heavy atom. The van der Waals surface area contributed by atoms with Crippen LogP contribution in [-0.4, -0.2) is 50.8 Å². The Bertz CT molecular complexity index is 1740. The van der Waals surface area contributed by atoms with Gasteiger partial charge in [-0.05, 0) is 50.1 Å². The van der Waals surface area contributed by atoms with Crippen molar-refractivity contribution in [1.29, 1.82) is 0 Å². The van der Waals surface area contributed by atoms with E-state index >= 15 is 0 Å². The maximum atomic E-state index is 13.7. The predicted molar refractivity (Wildman–Crippen MR) is 148 cm³/mol. The lowest BCUT2D eigenvalue weighted by Crippen LogP contribution is -2.45. The summed E-state index contributed by atoms with van der Waals surface area (Å²) in [6.07, 6.45) is 1.94. The molecule has 0 spiro atoms. The second-order valence-corrected chi connectivity index (χ2v) is 10.0. The second-order valence-electron chi connectivity index (χ2n) is 10.0. The number of nitrogens with one attached hydrogen (secondary N) is 2. The summed E-state index contributed by atoms with van der Waals surface area (Å²) >= 11 is 0. The summed E-state index contributed by atoms with van der Waals surface area (Å²) in [5, 5.41) is 9.97. The van der Waals surface area contributed by atoms with E-state index in [1.165, 1.54) is 4.57 Å². The largest absolute Gasteiger partial charge is 0.494 e. The van der Waals surface area contributed by atoms with E-state index in [1.54, 1.807) is 43.1 Å². The van der Waals surface area contributed by atoms with E-state index in [2.05, 4.69) is 20.7 Å². The fourth-order valence-corrected chi connectivity index (χ4v) is 5.64. The molecular weight excluding hydrogens is 528 g/mol. The van der Waals surface area contributed by atoms with Gasteiger partial charge in [-0.15, -0.1) is 0 Å². The Labute approximate surface area is 234 Å². The topological polar surface area (TPSA) is 146 Å². The summed E-state index contributed by atoms with van der Waals surface area (Å²) in [7, 11) is 1.59. The number of carbonyl (C=O) groups is 3. The fourth-order valence-electron chi connectivity index (χ4n) is 5.64. The first-order chi connectivity index (χ1) is 19.9. The van der Waals surface area contributed by atoms with E-state index in [4.69, 9.17) is 9.47 Å². The van der Waals surface area contributed by atoms with Crippen molar-refractivity contribution < 1.29 is 23.9 Å². The first-order valence-electron chi connectivity index (χ1n) is 13.3. The molecule has 1 unspecified atom stereocenters. The van der Waals surface area contributed by atoms with Gasteiger partial charge in [0.25, 0.3) is 5.56 Å². The van der Waals surface area contributed by atoms with Crippen molar-refractivity contribution >= 4 is 34.3 Å². The van der Waals surface area contributed by atoms with Gasteiger partial charge in [0.15, 0.2) is 0 Å². The summed E-state index contributed by atoms with van der Waals surface area (Å²) in [5.74, 6) is -0.757. The number of nitrogens with zero attached hydrogens (tertiary/aromatic N) is 4. The molecule has 4 aromatic rings. The maximum Gasteiger partial charge on any atom is 0.262 e. The van der Waals surface area contributed by atoms with E-state index in [-0.39, 0.29) is 30.0 Å². The van der Waals surface area contributed by atoms with Gasteiger partial charge in [-0.3, -0.25) is 29.1 Å². The van der Waals surface area contributed by atoms with Gasteiger partial charge in [0.1, 0.15) is 34.9 Å². The van der Waals surface area contributed by atoms with Crippen LogP contribution in [0.1, 0.15) is 42.9 Å². The molecule has 0 saturated carbocycles. The Morgan fingerprint density at radius 2 is 1.93 bits per heavy atom. The minimum absolute atomic E-state index is 0.136. The van der Waals surface area contributed by atoms with Crippen LogP contribution in [0.15, 0.2) is 59.5 Å². The monoisotopic (exact) mass is 556 g/mol. The number of aromatic nitrogens is 4. The van der Waals surface area contributed by atoms with Crippen LogP contribution in [-0.2, 0) is 19.1 Å². The smallest absolute Gasteiger partial charge is 0.262 e. The van der Waals surface area contributed by atoms with Crippen LogP contribution in [0.4, 0.5) is 5.69 Å². The van der Waals surface area contributed by atoms with Crippen LogP contribution in [0, 0.1) is 12.8 Å². The van der Waals surface area contributed by atoms with E-state index in [0.717, 1.165) is 5.69 Å². The summed E-state index contributed by atoms with van der Waals surface area (Å²) in [5.41, 5.74) is 1.73. The lowest BCUT2D eigenvalue weighted by Gasteiger charge is -2.25. The number of carbonyl (C=O) groups excluding carboxylic acids is 3. The predicted octanol–water partition coefficient (Wildman–Crippen LogP) is 2.59. The Kier molecular flexibility index (Phi) is 6.83. The zero-order valence-electron chi connectivity index (χ0n) is 22.5. The van der Waals surface area contributed by atoms with Crippen molar-refractivity contribution in [2.75, 3.05) is 19.0 Å². The molecule has 12 nitrogen and oxygen atoms in total. The Balaban J connectivity index is 1.30. The molecule has 4 heterocycles. The highest BCUT2D eigenvalue weighted by molar-refractivity contribution is 6.02. The molecule has 2 aromatic heterocycles. The molecule has 2 saturated heterocycles. The van der Waals surface area contributed by atoms with Crippen molar-refractivity contribution in [2.24, 2.45) is 5.92 Å². The molecule has 12 heteroatoms. The lowest BCUT2D eigenvalue weighted by atomic mass is 9.97. The zero-order chi connectivity index (χ0) is 28.7. The highest BCUT2D eigenvalue weighted by Gasteiger charge is 2.38. The van der Waals surface area contributed by atoms with Crippen LogP contribution in [0.3, 0.4) is 0 Å². The van der Waals surface area contributed by atoms with Gasteiger partial charge in [-0.1, -0.05) is 18.2 Å². The van der Waals surface area contributed by atoms with E-state index < -0.39 is 29.5 Å². The molecule has 2 aliphatic rings. The molecule has 2 aromatic carbocycles. The molecule has 6 rings (SSSR count). The molecule has 210 valence electrons. The Morgan fingerprint density at radius 3 is 2.73 bits per heavy atom. The molecule has 0 radical (unpaired) electrons. The number of amides is 3. The molecule has 2 aliphatic heterocycles. The van der Waals surface area contributed by atoms with Crippen LogP contribution in [0.5, 0.6) is 5.75 Å². The van der Waals surface area contributed by atoms with Crippen LogP contribution < -0.4 is 20.9 Å². The summed E-state index contributed by atoms with van der Waals surface area (Å²) < 4.78 is 14.6. The lowest BCUT2D eigenvalue weighted by molar-refractivity contribution is -0.135. The molecule has 2 N–H and O–H groups in total. The van der Waals surface area contributed by atoms with Crippen LogP contribution >= 0.6 is 0 Å². The number of hydrogen-bond acceptors (Lipinski definition) is 8. The number of methoxy groups -OCH3 is 1. The van der Waals surface area contributed by atoms with Crippen molar-refractivity contribution in [1.82, 2.24) is 24.6 Å². The first kappa shape index (κ1) is 26.4. The standard InChI is InChI=1S/C29H28N6O6/c1-16-31-25-17(29(39)34(16)22-10-11-24(36)33-28(22)38)6-5-7-19(25)32-27(37)18-13-15-41-26(18)21-12-14-30-35(21)20-8-3-4-9-23(20)40-2/h3-9,12,14,18,22,26H,10-11,13,15H2,1-2H3,(H,32,37)(H,33,36,38)/t18-,22?,26-/m1/s1. The number of imide groups is 1. The van der Waals surface area contributed by atoms with E-state index in [0.29, 0.717) is 41.5 Å². The van der Waals surface area contributed by atoms with Crippen LogP contribution in [0.2, 0.25) is 0 Å². The van der Waals surface area contributed by atoms with Gasteiger partial charge in [0, 0.05) is 19.2 Å². The molecule has 2 fully saturated rings. The van der Waals surface area contributed by atoms with E-state index in [9.17, 15) is 19.2 Å². The fraction of sp³-hybridized carbons (Fsp3) is 0.310. The molecule has 41 heavy (non-hydrogen) atoms. The average Bonchev–Trinajstić information content (AvgIpc) is 3.64. The van der Waals surface area contributed by atoms with Crippen molar-refractivity contribution in [3.05, 3.63) is 76.6 Å². The number of anilines is 1. The minimum Gasteiger partial charge on any atom is -0.494 e. The number of aryl methyl sites for hydroxylation is 1. The molecule has 0 bridgehead atoms. The molecule has 0 aliphatic carbocycles. The third-order valence-corrected chi connectivity index (χ3v) is 7.59. The SMILES string of the molecule is COc1ccccc1-n1nccc1[C@@H]1OCC[C@H]1C(=O)Nc1cccc2c(=O)n(C3CCC(=O)NC3=O)c(C)nc12. The van der Waals surface area contributed by atoms with Crippen LogP contribution in [0.25, 0.3) is 16.6 Å². The van der Waals surface area contributed by atoms with Gasteiger partial charge in [-0.2, -0.15) is 5.10 Å². The number of hydrogen-bond donors (Lipinski definition) is 2. The van der Waals surface area contributed by atoms with Crippen molar-refractivity contribution in [3.63, 3.8) is 0 Å². The van der Waals surface area contributed by atoms with Gasteiger partial charge in [0.2, 0.25) is 17.7 Å². The second kappa shape index (κ2) is 10.6. The molecular formula is C29H28N6O6. The van der Waals surface area contributed by atoms with Crippen molar-refractivity contribution in [2.45, 2.75) is 38.3 Å². The minimum atomic E-state index is -0.833. The van der Waals surface area contributed by atoms with Gasteiger partial charge in [-0.25, -0.2) is 9.67 Å². The van der Waals surface area contributed by atoms with Gasteiger partial charge in [0.05, 0.1) is 29.8 Å². The van der Waals surface area contributed by atoms with Crippen molar-refractivity contribution in [3.8, 4) is 11.4 Å². The summed E-state index contributed by atoms with van der Waals surface area (Å²) in [6.45, 7) is 2.02. The zero-order valence-corrected chi connectivity index (χ0v) is 22.5. The van der Waals surface area contributed by atoms with Gasteiger partial charge < -0.3 is 14.8 Å². The number of piperidine rings is 1. The highest BCUT2D eigenvalue weighted by atomic mass is 16.5. The van der Waals surface area contributed by atoms with E-state index in [1.807, 2.05) is 30.3 Å². The first-order valence-corrected chi connectivity index (χ1v) is 13.3. The summed E-state index contributed by atoms with van der Waals surface area (Å²) in [4.78, 5) is 55.9. The quantitative estimate of drug-likeness (QED) is 0.345. The number of rotatable bonds is 6. The maximum absolute atomic E-state index is 13.7. The highest BCUT2D eigenvalue weighted by Crippen LogP contribution is 2.37. The molecule has 3 amide bonds. The van der Waals surface area contributed by atoms with Gasteiger partial charge >= 0.3 is 0 Å². The molecule has 3 atom stereocenters. The average molecular weight is 557 g/mol. The number of fused-ring (bicyclic) bond motifs is 1. The Hall–Kier alpha value is -4.84. The third-order valence-electron chi connectivity index (χ3n) is 7.59.